The van der Waals surface area contributed by atoms with E-state index in [0.29, 0.717) is 0 Å². The van der Waals surface area contributed by atoms with Crippen molar-refractivity contribution in [3.05, 3.63) is 69.2 Å². The van der Waals surface area contributed by atoms with E-state index in [1.807, 2.05) is 56.3 Å². The van der Waals surface area contributed by atoms with E-state index < -0.39 is 0 Å². The first kappa shape index (κ1) is 12.1. The van der Waals surface area contributed by atoms with Crippen LogP contribution in [0.1, 0.15) is 27.0 Å². The van der Waals surface area contributed by atoms with Gasteiger partial charge in [-0.15, -0.1) is 0 Å². The summed E-state index contributed by atoms with van der Waals surface area (Å²) in [4.78, 5) is 12.3. The van der Waals surface area contributed by atoms with Crippen molar-refractivity contribution in [1.82, 2.24) is 0 Å². The lowest BCUT2D eigenvalue weighted by Gasteiger charge is -2.06. The molecule has 1 nitrogen and oxygen atoms in total. The van der Waals surface area contributed by atoms with Gasteiger partial charge in [-0.25, -0.2) is 0 Å². The first-order valence-corrected chi connectivity index (χ1v) is 6.25. The summed E-state index contributed by atoms with van der Waals surface area (Å²) < 4.78 is 0.996. The molecular weight excluding hydrogens is 276 g/mol. The molecule has 0 aliphatic heterocycles. The summed E-state index contributed by atoms with van der Waals surface area (Å²) >= 11 is 3.40. The highest BCUT2D eigenvalue weighted by Crippen LogP contribution is 2.19. The molecule has 2 rings (SSSR count). The van der Waals surface area contributed by atoms with E-state index >= 15 is 0 Å². The van der Waals surface area contributed by atoms with Crippen molar-refractivity contribution in [2.24, 2.45) is 0 Å². The van der Waals surface area contributed by atoms with Crippen LogP contribution in [0.15, 0.2) is 46.9 Å². The maximum Gasteiger partial charge on any atom is 0.193 e. The Bertz CT molecular complexity index is 573. The predicted octanol–water partition coefficient (Wildman–Crippen LogP) is 4.30. The number of hydrogen-bond donors (Lipinski definition) is 0. The number of aryl methyl sites for hydroxylation is 2. The Hall–Kier alpha value is -1.41. The number of rotatable bonds is 2. The molecule has 0 unspecified atom stereocenters. The first-order chi connectivity index (χ1) is 8.08. The largest absolute Gasteiger partial charge is 0.289 e. The highest BCUT2D eigenvalue weighted by atomic mass is 79.9. The molecule has 0 bridgehead atoms. The zero-order valence-corrected chi connectivity index (χ0v) is 11.4. The van der Waals surface area contributed by atoms with Crippen LogP contribution in [0.3, 0.4) is 0 Å². The summed E-state index contributed by atoms with van der Waals surface area (Å²) in [5, 5.41) is 0. The molecule has 2 heteroatoms. The monoisotopic (exact) mass is 288 g/mol. The van der Waals surface area contributed by atoms with Gasteiger partial charge in [0.05, 0.1) is 0 Å². The van der Waals surface area contributed by atoms with Crippen LogP contribution < -0.4 is 0 Å². The average Bonchev–Trinajstić information content (AvgIpc) is 2.28. The molecule has 0 N–H and O–H groups in total. The summed E-state index contributed by atoms with van der Waals surface area (Å²) in [6, 6.07) is 13.4. The van der Waals surface area contributed by atoms with Gasteiger partial charge in [-0.2, -0.15) is 0 Å². The second-order valence-corrected chi connectivity index (χ2v) is 5.07. The smallest absolute Gasteiger partial charge is 0.193 e. The van der Waals surface area contributed by atoms with Gasteiger partial charge < -0.3 is 0 Å². The summed E-state index contributed by atoms with van der Waals surface area (Å²) in [7, 11) is 0. The molecule has 2 aromatic carbocycles. The van der Waals surface area contributed by atoms with Gasteiger partial charge in [0, 0.05) is 15.6 Å². The van der Waals surface area contributed by atoms with Gasteiger partial charge in [0.1, 0.15) is 0 Å². The van der Waals surface area contributed by atoms with Gasteiger partial charge in [-0.3, -0.25) is 4.79 Å². The number of carbonyl (C=O) groups is 1. The molecule has 2 aromatic rings. The molecule has 0 heterocycles. The second-order valence-electron chi connectivity index (χ2n) is 4.16. The third kappa shape index (κ3) is 2.64. The Labute approximate surface area is 110 Å². The fourth-order valence-corrected chi connectivity index (χ4v) is 2.30. The first-order valence-electron chi connectivity index (χ1n) is 5.45. The minimum Gasteiger partial charge on any atom is -0.289 e. The third-order valence-corrected chi connectivity index (χ3v) is 3.21. The Morgan fingerprint density at radius 2 is 1.82 bits per heavy atom. The fraction of sp³-hybridized carbons (Fsp3) is 0.133. The minimum absolute atomic E-state index is 0.0821. The van der Waals surface area contributed by atoms with Gasteiger partial charge in [0.15, 0.2) is 5.78 Å². The van der Waals surface area contributed by atoms with Crippen molar-refractivity contribution in [3.63, 3.8) is 0 Å². The van der Waals surface area contributed by atoms with Crippen molar-refractivity contribution in [2.45, 2.75) is 13.8 Å². The van der Waals surface area contributed by atoms with Crippen molar-refractivity contribution >= 4 is 21.7 Å². The molecule has 0 aliphatic rings. The summed E-state index contributed by atoms with van der Waals surface area (Å²) in [5.41, 5.74) is 3.60. The van der Waals surface area contributed by atoms with Crippen LogP contribution >= 0.6 is 15.9 Å². The molecule has 86 valence electrons. The Morgan fingerprint density at radius 1 is 1.06 bits per heavy atom. The highest BCUT2D eigenvalue weighted by molar-refractivity contribution is 9.10. The standard InChI is InChI=1S/C15H13BrO/c1-10-4-3-5-12(8-10)15(17)14-7-6-13(16)9-11(14)2/h3-9H,1-2H3. The van der Waals surface area contributed by atoms with Crippen LogP contribution in [0.4, 0.5) is 0 Å². The number of ketones is 1. The quantitative estimate of drug-likeness (QED) is 0.753. The molecule has 0 spiro atoms. The SMILES string of the molecule is Cc1cccc(C(=O)c2ccc(Br)cc2C)c1. The Morgan fingerprint density at radius 3 is 2.47 bits per heavy atom. The van der Waals surface area contributed by atoms with E-state index in [4.69, 9.17) is 0 Å². The lowest BCUT2D eigenvalue weighted by Crippen LogP contribution is -2.03. The van der Waals surface area contributed by atoms with Crippen molar-refractivity contribution < 1.29 is 4.79 Å². The van der Waals surface area contributed by atoms with Gasteiger partial charge in [-0.05, 0) is 43.7 Å². The van der Waals surface area contributed by atoms with Crippen LogP contribution in [0.25, 0.3) is 0 Å². The molecule has 0 aromatic heterocycles. The fourth-order valence-electron chi connectivity index (χ4n) is 1.82. The number of hydrogen-bond acceptors (Lipinski definition) is 1. The lowest BCUT2D eigenvalue weighted by molar-refractivity contribution is 0.103. The Balaban J connectivity index is 2.44. The summed E-state index contributed by atoms with van der Waals surface area (Å²) in [5.74, 6) is 0.0821. The van der Waals surface area contributed by atoms with E-state index in [0.717, 1.165) is 26.7 Å². The maximum atomic E-state index is 12.3. The van der Waals surface area contributed by atoms with Crippen molar-refractivity contribution in [1.29, 1.82) is 0 Å². The van der Waals surface area contributed by atoms with Crippen LogP contribution in [-0.2, 0) is 0 Å². The van der Waals surface area contributed by atoms with Gasteiger partial charge in [0.2, 0.25) is 0 Å². The van der Waals surface area contributed by atoms with E-state index in [1.54, 1.807) is 0 Å². The summed E-state index contributed by atoms with van der Waals surface area (Å²) in [6.45, 7) is 3.94. The lowest BCUT2D eigenvalue weighted by atomic mass is 9.98. The molecule has 0 saturated carbocycles. The second kappa shape index (κ2) is 4.84. The average molecular weight is 289 g/mol. The van der Waals surface area contributed by atoms with Crippen molar-refractivity contribution in [2.75, 3.05) is 0 Å². The predicted molar refractivity (Wildman–Crippen MR) is 73.5 cm³/mol. The zero-order valence-electron chi connectivity index (χ0n) is 9.83. The van der Waals surface area contributed by atoms with Crippen LogP contribution in [0, 0.1) is 13.8 Å². The highest BCUT2D eigenvalue weighted by Gasteiger charge is 2.11. The van der Waals surface area contributed by atoms with Crippen LogP contribution in [0.2, 0.25) is 0 Å². The van der Waals surface area contributed by atoms with E-state index in [-0.39, 0.29) is 5.78 Å². The maximum absolute atomic E-state index is 12.3. The molecule has 0 aliphatic carbocycles. The Kier molecular flexibility index (Phi) is 3.43. The summed E-state index contributed by atoms with van der Waals surface area (Å²) in [6.07, 6.45) is 0. The third-order valence-electron chi connectivity index (χ3n) is 2.71. The number of halogens is 1. The molecule has 17 heavy (non-hydrogen) atoms. The van der Waals surface area contributed by atoms with Crippen molar-refractivity contribution in [3.8, 4) is 0 Å². The number of carbonyl (C=O) groups excluding carboxylic acids is 1. The van der Waals surface area contributed by atoms with Gasteiger partial charge in [0.25, 0.3) is 0 Å². The van der Waals surface area contributed by atoms with E-state index in [2.05, 4.69) is 15.9 Å². The molecule has 0 fully saturated rings. The van der Waals surface area contributed by atoms with E-state index in [9.17, 15) is 4.79 Å². The normalized spacial score (nSPS) is 10.3. The van der Waals surface area contributed by atoms with Gasteiger partial charge >= 0.3 is 0 Å². The van der Waals surface area contributed by atoms with Crippen LogP contribution in [0.5, 0.6) is 0 Å². The molecular formula is C15H13BrO. The molecule has 0 atom stereocenters. The number of benzene rings is 2. The minimum atomic E-state index is 0.0821. The van der Waals surface area contributed by atoms with Crippen LogP contribution in [-0.4, -0.2) is 5.78 Å². The molecule has 0 saturated heterocycles. The van der Waals surface area contributed by atoms with E-state index in [1.165, 1.54) is 0 Å². The topological polar surface area (TPSA) is 17.1 Å². The molecule has 0 amide bonds. The zero-order chi connectivity index (χ0) is 12.4. The van der Waals surface area contributed by atoms with Gasteiger partial charge in [-0.1, -0.05) is 39.7 Å². The molecule has 0 radical (unpaired) electrons.